The fraction of sp³-hybridized carbons (Fsp3) is 0.316. The summed E-state index contributed by atoms with van der Waals surface area (Å²) < 4.78 is 33.9. The molecule has 3 N–H and O–H groups in total. The third-order valence-corrected chi connectivity index (χ3v) is 4.17. The molecule has 0 fully saturated rings. The van der Waals surface area contributed by atoms with Crippen molar-refractivity contribution in [3.05, 3.63) is 64.8 Å². The third kappa shape index (κ3) is 6.56. The van der Waals surface area contributed by atoms with E-state index in [9.17, 15) is 13.6 Å². The molecule has 156 valence electrons. The van der Waals surface area contributed by atoms with Crippen LogP contribution < -0.4 is 11.1 Å². The lowest BCUT2D eigenvalue weighted by atomic mass is 10.2. The summed E-state index contributed by atoms with van der Waals surface area (Å²) in [5, 5.41) is 2.40. The van der Waals surface area contributed by atoms with Crippen molar-refractivity contribution in [2.24, 2.45) is 10.7 Å². The molecule has 1 amide bonds. The molecule has 10 heteroatoms. The number of benzene rings is 1. The number of hydrogen-bond acceptors (Lipinski definition) is 4. The van der Waals surface area contributed by atoms with Crippen molar-refractivity contribution in [3.63, 3.8) is 0 Å². The summed E-state index contributed by atoms with van der Waals surface area (Å²) in [4.78, 5) is 19.7. The van der Waals surface area contributed by atoms with E-state index in [1.807, 2.05) is 11.5 Å². The van der Waals surface area contributed by atoms with Crippen LogP contribution >= 0.6 is 11.6 Å². The van der Waals surface area contributed by atoms with Gasteiger partial charge in [0, 0.05) is 17.8 Å². The lowest BCUT2D eigenvalue weighted by Gasteiger charge is -2.09. The van der Waals surface area contributed by atoms with Gasteiger partial charge < -0.3 is 20.4 Å². The zero-order valence-corrected chi connectivity index (χ0v) is 16.7. The molecule has 0 atom stereocenters. The van der Waals surface area contributed by atoms with Gasteiger partial charge in [-0.15, -0.1) is 0 Å². The Kier molecular flexibility index (Phi) is 8.14. The predicted octanol–water partition coefficient (Wildman–Crippen LogP) is 3.59. The number of nitrogens with zero attached hydrogens (tertiary/aromatic N) is 3. The lowest BCUT2D eigenvalue weighted by molar-refractivity contribution is 0.143. The quantitative estimate of drug-likeness (QED) is 0.278. The van der Waals surface area contributed by atoms with Gasteiger partial charge in [-0.3, -0.25) is 0 Å². The molecule has 0 spiro atoms. The molecule has 0 saturated carbocycles. The van der Waals surface area contributed by atoms with Gasteiger partial charge in [-0.05, 0) is 31.9 Å². The highest BCUT2D eigenvalue weighted by Crippen LogP contribution is 2.12. The van der Waals surface area contributed by atoms with E-state index in [1.165, 1.54) is 6.07 Å². The summed E-state index contributed by atoms with van der Waals surface area (Å²) in [5.74, 6) is -1.25. The van der Waals surface area contributed by atoms with Gasteiger partial charge in [0.1, 0.15) is 22.5 Å². The van der Waals surface area contributed by atoms with E-state index in [1.54, 1.807) is 6.33 Å². The van der Waals surface area contributed by atoms with Gasteiger partial charge in [0.15, 0.2) is 5.84 Å². The average Bonchev–Trinajstić information content (AvgIpc) is 3.01. The molecule has 1 heterocycles. The Morgan fingerprint density at radius 3 is 2.72 bits per heavy atom. The number of nitrogens with one attached hydrogen (secondary N) is 1. The minimum atomic E-state index is -0.737. The van der Waals surface area contributed by atoms with Gasteiger partial charge in [0.2, 0.25) is 0 Å². The largest absolute Gasteiger partial charge is 0.450 e. The van der Waals surface area contributed by atoms with E-state index in [0.29, 0.717) is 25.1 Å². The molecule has 0 bridgehead atoms. The van der Waals surface area contributed by atoms with Gasteiger partial charge in [-0.1, -0.05) is 24.2 Å². The molecule has 0 aliphatic rings. The number of carbonyl (C=O) groups is 1. The SMILES string of the molecule is C=C(Cl)/N=C(/N)c1ncn(CCCCOC(=O)NCc2c(F)cccc2F)c1C. The monoisotopic (exact) mass is 425 g/mol. The molecule has 7 nitrogen and oxygen atoms in total. The van der Waals surface area contributed by atoms with Gasteiger partial charge >= 0.3 is 6.09 Å². The van der Waals surface area contributed by atoms with Crippen LogP contribution in [0, 0.1) is 18.6 Å². The highest BCUT2D eigenvalue weighted by Gasteiger charge is 2.12. The smallest absolute Gasteiger partial charge is 0.407 e. The third-order valence-electron chi connectivity index (χ3n) is 4.08. The van der Waals surface area contributed by atoms with Crippen LogP contribution in [0.1, 0.15) is 29.8 Å². The molecule has 0 aliphatic carbocycles. The highest BCUT2D eigenvalue weighted by molar-refractivity contribution is 6.29. The molecule has 0 aliphatic heterocycles. The van der Waals surface area contributed by atoms with Crippen LogP contribution in [0.25, 0.3) is 0 Å². The Bertz CT molecular complexity index is 894. The lowest BCUT2D eigenvalue weighted by Crippen LogP contribution is -2.25. The van der Waals surface area contributed by atoms with Gasteiger partial charge in [0.25, 0.3) is 0 Å². The fourth-order valence-corrected chi connectivity index (χ4v) is 2.66. The minimum absolute atomic E-state index is 0.0737. The molecule has 0 unspecified atom stereocenters. The number of aliphatic imine (C=N–C) groups is 1. The van der Waals surface area contributed by atoms with Crippen molar-refractivity contribution in [1.82, 2.24) is 14.9 Å². The second-order valence-electron chi connectivity index (χ2n) is 6.14. The first-order valence-electron chi connectivity index (χ1n) is 8.83. The zero-order valence-electron chi connectivity index (χ0n) is 15.9. The first-order chi connectivity index (χ1) is 13.8. The van der Waals surface area contributed by atoms with Crippen LogP contribution in [0.15, 0.2) is 41.3 Å². The second-order valence-corrected chi connectivity index (χ2v) is 6.58. The number of carbonyl (C=O) groups excluding carboxylic acids is 1. The first kappa shape index (κ1) is 22.4. The molecule has 29 heavy (non-hydrogen) atoms. The number of amidine groups is 1. The van der Waals surface area contributed by atoms with Gasteiger partial charge in [-0.2, -0.15) is 0 Å². The maximum atomic E-state index is 13.5. The fourth-order valence-electron chi connectivity index (χ4n) is 2.57. The summed E-state index contributed by atoms with van der Waals surface area (Å²) in [6.45, 7) is 5.84. The van der Waals surface area contributed by atoms with E-state index in [0.717, 1.165) is 17.8 Å². The molecular formula is C19H22ClF2N5O2. The van der Waals surface area contributed by atoms with Crippen molar-refractivity contribution in [3.8, 4) is 0 Å². The average molecular weight is 426 g/mol. The standard InChI is InChI=1S/C19H22ClF2N5O2/c1-12-17(18(23)26-13(2)20)25-11-27(12)8-3-4-9-29-19(28)24-10-14-15(21)6-5-7-16(14)22/h5-7,11H,2-4,8-10H2,1H3,(H2,23,26)(H,24,28). The second kappa shape index (κ2) is 10.6. The Morgan fingerprint density at radius 1 is 1.38 bits per heavy atom. The Hall–Kier alpha value is -2.94. The van der Waals surface area contributed by atoms with Crippen molar-refractivity contribution in [2.75, 3.05) is 6.61 Å². The van der Waals surface area contributed by atoms with Crippen LogP contribution in [0.5, 0.6) is 0 Å². The number of aryl methyl sites for hydroxylation is 1. The van der Waals surface area contributed by atoms with E-state index in [2.05, 4.69) is 21.9 Å². The predicted molar refractivity (Wildman–Crippen MR) is 106 cm³/mol. The number of nitrogens with two attached hydrogens (primary N) is 1. The van der Waals surface area contributed by atoms with Crippen LogP contribution in [0.2, 0.25) is 0 Å². The first-order valence-corrected chi connectivity index (χ1v) is 9.21. The number of alkyl carbamates (subject to hydrolysis) is 1. The number of imidazole rings is 1. The van der Waals surface area contributed by atoms with Crippen molar-refractivity contribution in [2.45, 2.75) is 32.9 Å². The van der Waals surface area contributed by atoms with E-state index >= 15 is 0 Å². The van der Waals surface area contributed by atoms with Crippen LogP contribution in [0.3, 0.4) is 0 Å². The molecule has 0 radical (unpaired) electrons. The van der Waals surface area contributed by atoms with Crippen molar-refractivity contribution >= 4 is 23.5 Å². The number of unbranched alkanes of at least 4 members (excludes halogenated alkanes) is 1. The maximum Gasteiger partial charge on any atom is 0.407 e. The summed E-state index contributed by atoms with van der Waals surface area (Å²) >= 11 is 5.62. The Balaban J connectivity index is 1.71. The van der Waals surface area contributed by atoms with E-state index < -0.39 is 17.7 Å². The Morgan fingerprint density at radius 2 is 2.07 bits per heavy atom. The highest BCUT2D eigenvalue weighted by atomic mass is 35.5. The number of ether oxygens (including phenoxy) is 1. The molecule has 0 saturated heterocycles. The topological polar surface area (TPSA) is 94.5 Å². The summed E-state index contributed by atoms with van der Waals surface area (Å²) in [6, 6.07) is 3.51. The minimum Gasteiger partial charge on any atom is -0.450 e. The number of aromatic nitrogens is 2. The molecule has 1 aromatic carbocycles. The Labute approximate surface area is 172 Å². The van der Waals surface area contributed by atoms with Crippen molar-refractivity contribution < 1.29 is 18.3 Å². The van der Waals surface area contributed by atoms with Gasteiger partial charge in [0.05, 0.1) is 19.5 Å². The number of amides is 1. The van der Waals surface area contributed by atoms with Crippen LogP contribution in [-0.4, -0.2) is 28.1 Å². The summed E-state index contributed by atoms with van der Waals surface area (Å²) in [5.41, 5.74) is 6.97. The molecule has 2 rings (SSSR count). The van der Waals surface area contributed by atoms with E-state index in [-0.39, 0.29) is 29.7 Å². The van der Waals surface area contributed by atoms with Crippen LogP contribution in [0.4, 0.5) is 13.6 Å². The summed E-state index contributed by atoms with van der Waals surface area (Å²) in [6.07, 6.45) is 2.21. The van der Waals surface area contributed by atoms with E-state index in [4.69, 9.17) is 22.1 Å². The molecule has 2 aromatic rings. The maximum absolute atomic E-state index is 13.5. The summed E-state index contributed by atoms with van der Waals surface area (Å²) in [7, 11) is 0. The number of halogens is 3. The normalized spacial score (nSPS) is 11.4. The molecular weight excluding hydrogens is 404 g/mol. The number of hydrogen-bond donors (Lipinski definition) is 2. The zero-order chi connectivity index (χ0) is 21.4. The number of rotatable bonds is 9. The van der Waals surface area contributed by atoms with Crippen LogP contribution in [-0.2, 0) is 17.8 Å². The molecule has 1 aromatic heterocycles. The van der Waals surface area contributed by atoms with Crippen molar-refractivity contribution in [1.29, 1.82) is 0 Å². The van der Waals surface area contributed by atoms with Gasteiger partial charge in [-0.25, -0.2) is 23.6 Å².